The highest BCUT2D eigenvalue weighted by atomic mass is 19.1. The summed E-state index contributed by atoms with van der Waals surface area (Å²) in [5, 5.41) is 10.1. The summed E-state index contributed by atoms with van der Waals surface area (Å²) in [6.45, 7) is 3.61. The number of benzene rings is 1. The Kier molecular flexibility index (Phi) is 3.20. The van der Waals surface area contributed by atoms with E-state index in [1.165, 1.54) is 6.07 Å². The summed E-state index contributed by atoms with van der Waals surface area (Å²) < 4.78 is 13.1. The van der Waals surface area contributed by atoms with Crippen LogP contribution in [0.25, 0.3) is 0 Å². The summed E-state index contributed by atoms with van der Waals surface area (Å²) in [5.41, 5.74) is 2.79. The fourth-order valence-electron chi connectivity index (χ4n) is 1.72. The zero-order valence-corrected chi connectivity index (χ0v) is 9.81. The first kappa shape index (κ1) is 11.7. The average molecular weight is 231 g/mol. The number of aliphatic hydroxyl groups excluding tert-OH is 1. The lowest BCUT2D eigenvalue weighted by atomic mass is 10.0. The van der Waals surface area contributed by atoms with E-state index in [9.17, 15) is 9.50 Å². The average Bonchev–Trinajstić information content (AvgIpc) is 2.32. The van der Waals surface area contributed by atoms with Crippen LogP contribution in [-0.4, -0.2) is 10.1 Å². The fourth-order valence-corrected chi connectivity index (χ4v) is 1.72. The van der Waals surface area contributed by atoms with E-state index >= 15 is 0 Å². The van der Waals surface area contributed by atoms with Crippen LogP contribution in [-0.2, 0) is 0 Å². The smallest absolute Gasteiger partial charge is 0.126 e. The molecular weight excluding hydrogens is 217 g/mol. The molecule has 1 aromatic carbocycles. The second kappa shape index (κ2) is 4.63. The molecule has 1 atom stereocenters. The Balaban J connectivity index is 2.36. The highest BCUT2D eigenvalue weighted by molar-refractivity contribution is 5.31. The normalized spacial score (nSPS) is 12.5. The van der Waals surface area contributed by atoms with Gasteiger partial charge in [-0.3, -0.25) is 4.98 Å². The van der Waals surface area contributed by atoms with Gasteiger partial charge in [0.2, 0.25) is 0 Å². The standard InChI is InChI=1S/C14H14FNO/c1-9-5-6-16-13(7-9)14(17)11-3-4-12(15)10(2)8-11/h3-8,14,17H,1-2H3. The minimum Gasteiger partial charge on any atom is -0.382 e. The Morgan fingerprint density at radius 1 is 1.18 bits per heavy atom. The molecule has 2 nitrogen and oxygen atoms in total. The van der Waals surface area contributed by atoms with E-state index < -0.39 is 6.10 Å². The monoisotopic (exact) mass is 231 g/mol. The third-order valence-electron chi connectivity index (χ3n) is 2.71. The molecule has 0 saturated heterocycles. The molecule has 0 spiro atoms. The zero-order chi connectivity index (χ0) is 12.4. The number of aryl methyl sites for hydroxylation is 2. The first-order valence-electron chi connectivity index (χ1n) is 5.44. The van der Waals surface area contributed by atoms with Gasteiger partial charge in [0.1, 0.15) is 11.9 Å². The maximum Gasteiger partial charge on any atom is 0.126 e. The van der Waals surface area contributed by atoms with Crippen molar-refractivity contribution >= 4 is 0 Å². The van der Waals surface area contributed by atoms with Crippen LogP contribution in [0.1, 0.15) is 28.5 Å². The summed E-state index contributed by atoms with van der Waals surface area (Å²) in [6.07, 6.45) is 0.846. The minimum atomic E-state index is -0.811. The van der Waals surface area contributed by atoms with E-state index in [0.29, 0.717) is 16.8 Å². The molecule has 0 fully saturated rings. The molecule has 3 heteroatoms. The Labute approximate surface area is 99.8 Å². The van der Waals surface area contributed by atoms with Crippen molar-refractivity contribution in [1.82, 2.24) is 4.98 Å². The second-order valence-corrected chi connectivity index (χ2v) is 4.17. The molecule has 1 heterocycles. The summed E-state index contributed by atoms with van der Waals surface area (Å²) in [7, 11) is 0. The number of halogens is 1. The summed E-state index contributed by atoms with van der Waals surface area (Å²) in [5.74, 6) is -0.266. The minimum absolute atomic E-state index is 0.266. The van der Waals surface area contributed by atoms with Gasteiger partial charge in [0, 0.05) is 6.20 Å². The number of nitrogens with zero attached hydrogens (tertiary/aromatic N) is 1. The summed E-state index contributed by atoms with van der Waals surface area (Å²) >= 11 is 0. The quantitative estimate of drug-likeness (QED) is 0.862. The van der Waals surface area contributed by atoms with E-state index in [0.717, 1.165) is 5.56 Å². The number of hydrogen-bond donors (Lipinski definition) is 1. The fraction of sp³-hybridized carbons (Fsp3) is 0.214. The van der Waals surface area contributed by atoms with E-state index in [1.54, 1.807) is 25.3 Å². The molecule has 0 bridgehead atoms. The van der Waals surface area contributed by atoms with Crippen molar-refractivity contribution in [2.45, 2.75) is 20.0 Å². The van der Waals surface area contributed by atoms with Crippen LogP contribution < -0.4 is 0 Å². The third-order valence-corrected chi connectivity index (χ3v) is 2.71. The second-order valence-electron chi connectivity index (χ2n) is 4.17. The zero-order valence-electron chi connectivity index (χ0n) is 9.81. The molecule has 17 heavy (non-hydrogen) atoms. The topological polar surface area (TPSA) is 33.1 Å². The van der Waals surface area contributed by atoms with E-state index in [2.05, 4.69) is 4.98 Å². The van der Waals surface area contributed by atoms with Gasteiger partial charge in [-0.15, -0.1) is 0 Å². The molecule has 0 radical (unpaired) electrons. The van der Waals surface area contributed by atoms with Crippen LogP contribution in [0, 0.1) is 19.7 Å². The van der Waals surface area contributed by atoms with Gasteiger partial charge in [0.15, 0.2) is 0 Å². The summed E-state index contributed by atoms with van der Waals surface area (Å²) in [6, 6.07) is 8.28. The highest BCUT2D eigenvalue weighted by Gasteiger charge is 2.12. The van der Waals surface area contributed by atoms with Gasteiger partial charge in [0.25, 0.3) is 0 Å². The molecule has 1 unspecified atom stereocenters. The third kappa shape index (κ3) is 2.50. The van der Waals surface area contributed by atoms with Crippen molar-refractivity contribution in [2.75, 3.05) is 0 Å². The molecule has 2 rings (SSSR count). The molecule has 0 aliphatic carbocycles. The lowest BCUT2D eigenvalue weighted by Gasteiger charge is -2.12. The van der Waals surface area contributed by atoms with Crippen LogP contribution in [0.2, 0.25) is 0 Å². The highest BCUT2D eigenvalue weighted by Crippen LogP contribution is 2.22. The van der Waals surface area contributed by atoms with Crippen molar-refractivity contribution in [2.24, 2.45) is 0 Å². The van der Waals surface area contributed by atoms with Gasteiger partial charge in [-0.05, 0) is 48.7 Å². The molecule has 1 N–H and O–H groups in total. The molecule has 88 valence electrons. The molecular formula is C14H14FNO. The van der Waals surface area contributed by atoms with Crippen LogP contribution >= 0.6 is 0 Å². The lowest BCUT2D eigenvalue weighted by Crippen LogP contribution is -2.03. The van der Waals surface area contributed by atoms with Crippen molar-refractivity contribution in [3.63, 3.8) is 0 Å². The first-order chi connectivity index (χ1) is 8.08. The Bertz CT molecular complexity index is 539. The first-order valence-corrected chi connectivity index (χ1v) is 5.44. The summed E-state index contributed by atoms with van der Waals surface area (Å²) in [4.78, 5) is 4.12. The van der Waals surface area contributed by atoms with Crippen LogP contribution in [0.15, 0.2) is 36.5 Å². The van der Waals surface area contributed by atoms with Gasteiger partial charge in [-0.25, -0.2) is 4.39 Å². The molecule has 1 aromatic heterocycles. The number of aromatic nitrogens is 1. The van der Waals surface area contributed by atoms with E-state index in [1.807, 2.05) is 19.1 Å². The van der Waals surface area contributed by atoms with Crippen molar-refractivity contribution in [3.05, 3.63) is 64.7 Å². The van der Waals surface area contributed by atoms with Crippen LogP contribution in [0.4, 0.5) is 4.39 Å². The molecule has 0 aliphatic heterocycles. The number of pyridine rings is 1. The number of rotatable bonds is 2. The van der Waals surface area contributed by atoms with Gasteiger partial charge < -0.3 is 5.11 Å². The predicted molar refractivity (Wildman–Crippen MR) is 64.2 cm³/mol. The van der Waals surface area contributed by atoms with E-state index in [4.69, 9.17) is 0 Å². The van der Waals surface area contributed by atoms with Crippen molar-refractivity contribution in [1.29, 1.82) is 0 Å². The SMILES string of the molecule is Cc1ccnc(C(O)c2ccc(F)c(C)c2)c1. The Morgan fingerprint density at radius 2 is 1.94 bits per heavy atom. The number of hydrogen-bond acceptors (Lipinski definition) is 2. The van der Waals surface area contributed by atoms with Gasteiger partial charge in [-0.1, -0.05) is 12.1 Å². The van der Waals surface area contributed by atoms with Crippen LogP contribution in [0.5, 0.6) is 0 Å². The lowest BCUT2D eigenvalue weighted by molar-refractivity contribution is 0.215. The molecule has 2 aromatic rings. The van der Waals surface area contributed by atoms with Crippen molar-refractivity contribution in [3.8, 4) is 0 Å². The maximum absolute atomic E-state index is 13.1. The van der Waals surface area contributed by atoms with E-state index in [-0.39, 0.29) is 5.82 Å². The van der Waals surface area contributed by atoms with Gasteiger partial charge in [-0.2, -0.15) is 0 Å². The van der Waals surface area contributed by atoms with Gasteiger partial charge >= 0.3 is 0 Å². The number of aliphatic hydroxyl groups is 1. The molecule has 0 saturated carbocycles. The molecule has 0 aliphatic rings. The Hall–Kier alpha value is -1.74. The van der Waals surface area contributed by atoms with Crippen molar-refractivity contribution < 1.29 is 9.50 Å². The largest absolute Gasteiger partial charge is 0.382 e. The maximum atomic E-state index is 13.1. The molecule has 0 amide bonds. The van der Waals surface area contributed by atoms with Gasteiger partial charge in [0.05, 0.1) is 5.69 Å². The van der Waals surface area contributed by atoms with Crippen LogP contribution in [0.3, 0.4) is 0 Å². The predicted octanol–water partition coefficient (Wildman–Crippen LogP) is 2.92. The Morgan fingerprint density at radius 3 is 2.59 bits per heavy atom.